The summed E-state index contributed by atoms with van der Waals surface area (Å²) < 4.78 is 1.15. The van der Waals surface area contributed by atoms with Crippen molar-refractivity contribution in [1.82, 2.24) is 4.98 Å². The summed E-state index contributed by atoms with van der Waals surface area (Å²) in [5.74, 6) is -0.0860. The topological polar surface area (TPSA) is 42.0 Å². The first-order valence-electron chi connectivity index (χ1n) is 8.21. The lowest BCUT2D eigenvalue weighted by atomic mass is 10.00. The van der Waals surface area contributed by atoms with Crippen LogP contribution in [0.4, 0.5) is 5.69 Å². The van der Waals surface area contributed by atoms with E-state index in [4.69, 9.17) is 16.6 Å². The number of nitrogens with one attached hydrogen (secondary N) is 1. The zero-order valence-corrected chi connectivity index (χ0v) is 16.6. The summed E-state index contributed by atoms with van der Waals surface area (Å²) in [6.07, 6.45) is 2.85. The van der Waals surface area contributed by atoms with E-state index in [0.717, 1.165) is 61.8 Å². The molecule has 0 unspecified atom stereocenters. The van der Waals surface area contributed by atoms with Crippen molar-refractivity contribution in [3.8, 4) is 0 Å². The Morgan fingerprint density at radius 1 is 1.20 bits per heavy atom. The Hall–Kier alpha value is -1.66. The number of hydrogen-bond donors (Lipinski definition) is 1. The summed E-state index contributed by atoms with van der Waals surface area (Å²) in [5.41, 5.74) is 5.54. The second-order valence-electron chi connectivity index (χ2n) is 6.34. The van der Waals surface area contributed by atoms with Crippen molar-refractivity contribution in [1.29, 1.82) is 0 Å². The third-order valence-corrected chi connectivity index (χ3v) is 5.54. The molecule has 1 heterocycles. The Balaban J connectivity index is 1.84. The standard InChI is InChI=1S/C20H16ClIN2O/c1-11-9-13(22)6-8-16(11)24-20(25)19-14-3-2-4-17(14)23-18-7-5-12(21)10-15(18)19/h5-10H,2-4H2,1H3,(H,24,25). The molecule has 0 atom stereocenters. The van der Waals surface area contributed by atoms with E-state index >= 15 is 0 Å². The maximum Gasteiger partial charge on any atom is 0.256 e. The first-order chi connectivity index (χ1) is 12.0. The van der Waals surface area contributed by atoms with Gasteiger partial charge in [0.2, 0.25) is 0 Å². The number of rotatable bonds is 2. The Morgan fingerprint density at radius 3 is 2.84 bits per heavy atom. The fourth-order valence-corrected chi connectivity index (χ4v) is 4.26. The van der Waals surface area contributed by atoms with Gasteiger partial charge in [0.1, 0.15) is 0 Å². The molecule has 0 saturated carbocycles. The molecule has 0 saturated heterocycles. The molecule has 1 N–H and O–H groups in total. The molecule has 0 radical (unpaired) electrons. The summed E-state index contributed by atoms with van der Waals surface area (Å²) in [6.45, 7) is 2.00. The molecule has 0 aliphatic heterocycles. The molecular formula is C20H16ClIN2O. The van der Waals surface area contributed by atoms with Crippen molar-refractivity contribution in [2.75, 3.05) is 5.32 Å². The first kappa shape index (κ1) is 16.8. The monoisotopic (exact) mass is 462 g/mol. The molecule has 126 valence electrons. The van der Waals surface area contributed by atoms with E-state index in [1.54, 1.807) is 0 Å². The third kappa shape index (κ3) is 3.13. The number of anilines is 1. The fraction of sp³-hybridized carbons (Fsp3) is 0.200. The number of fused-ring (bicyclic) bond motifs is 2. The number of aromatic nitrogens is 1. The predicted octanol–water partition coefficient (Wildman–Crippen LogP) is 5.54. The van der Waals surface area contributed by atoms with Crippen LogP contribution in [0.5, 0.6) is 0 Å². The van der Waals surface area contributed by atoms with Crippen molar-refractivity contribution < 1.29 is 4.79 Å². The summed E-state index contributed by atoms with van der Waals surface area (Å²) >= 11 is 8.46. The van der Waals surface area contributed by atoms with Crippen LogP contribution < -0.4 is 5.32 Å². The van der Waals surface area contributed by atoms with E-state index in [2.05, 4.69) is 34.0 Å². The minimum absolute atomic E-state index is 0.0860. The van der Waals surface area contributed by atoms with Crippen LogP contribution in [0.15, 0.2) is 36.4 Å². The largest absolute Gasteiger partial charge is 0.322 e. The molecule has 3 nitrogen and oxygen atoms in total. The number of carbonyl (C=O) groups is 1. The van der Waals surface area contributed by atoms with Gasteiger partial charge in [-0.3, -0.25) is 9.78 Å². The van der Waals surface area contributed by atoms with Gasteiger partial charge < -0.3 is 5.32 Å². The molecule has 1 aliphatic carbocycles. The molecule has 25 heavy (non-hydrogen) atoms. The summed E-state index contributed by atoms with van der Waals surface area (Å²) in [4.78, 5) is 17.9. The van der Waals surface area contributed by atoms with E-state index in [0.29, 0.717) is 5.02 Å². The predicted molar refractivity (Wildman–Crippen MR) is 111 cm³/mol. The lowest BCUT2D eigenvalue weighted by molar-refractivity contribution is 0.102. The minimum Gasteiger partial charge on any atom is -0.322 e. The van der Waals surface area contributed by atoms with E-state index in [9.17, 15) is 4.79 Å². The van der Waals surface area contributed by atoms with Gasteiger partial charge in [0.25, 0.3) is 5.91 Å². The van der Waals surface area contributed by atoms with Crippen LogP contribution >= 0.6 is 34.2 Å². The highest BCUT2D eigenvalue weighted by Gasteiger charge is 2.24. The Kier molecular flexibility index (Phi) is 4.41. The molecular weight excluding hydrogens is 447 g/mol. The average Bonchev–Trinajstić information content (AvgIpc) is 3.03. The molecule has 0 fully saturated rings. The van der Waals surface area contributed by atoms with Crippen molar-refractivity contribution in [3.05, 3.63) is 67.4 Å². The van der Waals surface area contributed by atoms with Crippen LogP contribution in [0.25, 0.3) is 10.9 Å². The molecule has 0 spiro atoms. The molecule has 4 rings (SSSR count). The molecule has 1 aliphatic rings. The Morgan fingerprint density at radius 2 is 2.04 bits per heavy atom. The molecule has 1 amide bonds. The molecule has 1 aromatic heterocycles. The maximum atomic E-state index is 13.2. The molecule has 3 aromatic rings. The Bertz CT molecular complexity index is 1020. The molecule has 5 heteroatoms. The number of hydrogen-bond acceptors (Lipinski definition) is 2. The number of aryl methyl sites for hydroxylation is 2. The van der Waals surface area contributed by atoms with Gasteiger partial charge in [0.15, 0.2) is 0 Å². The second-order valence-corrected chi connectivity index (χ2v) is 8.02. The van der Waals surface area contributed by atoms with Crippen molar-refractivity contribution in [2.45, 2.75) is 26.2 Å². The van der Waals surface area contributed by atoms with Crippen LogP contribution in [-0.4, -0.2) is 10.9 Å². The van der Waals surface area contributed by atoms with Crippen molar-refractivity contribution in [2.24, 2.45) is 0 Å². The number of carbonyl (C=O) groups excluding carboxylic acids is 1. The van der Waals surface area contributed by atoms with Gasteiger partial charge in [0, 0.05) is 25.4 Å². The number of benzene rings is 2. The average molecular weight is 463 g/mol. The lowest BCUT2D eigenvalue weighted by Crippen LogP contribution is -2.16. The highest BCUT2D eigenvalue weighted by Crippen LogP contribution is 2.32. The SMILES string of the molecule is Cc1cc(I)ccc1NC(=O)c1c2c(nc3ccc(Cl)cc13)CCC2. The van der Waals surface area contributed by atoms with Gasteiger partial charge >= 0.3 is 0 Å². The Labute approximate surface area is 164 Å². The first-order valence-corrected chi connectivity index (χ1v) is 9.67. The van der Waals surface area contributed by atoms with Gasteiger partial charge in [-0.1, -0.05) is 11.6 Å². The van der Waals surface area contributed by atoms with Crippen molar-refractivity contribution >= 4 is 56.7 Å². The summed E-state index contributed by atoms with van der Waals surface area (Å²) in [5, 5.41) is 4.53. The van der Waals surface area contributed by atoms with Crippen LogP contribution in [0, 0.1) is 10.5 Å². The summed E-state index contributed by atoms with van der Waals surface area (Å²) in [7, 11) is 0. The van der Waals surface area contributed by atoms with E-state index in [-0.39, 0.29) is 5.91 Å². The summed E-state index contributed by atoms with van der Waals surface area (Å²) in [6, 6.07) is 11.6. The quantitative estimate of drug-likeness (QED) is 0.508. The van der Waals surface area contributed by atoms with Gasteiger partial charge in [-0.25, -0.2) is 0 Å². The van der Waals surface area contributed by atoms with Crippen LogP contribution in [0.1, 0.15) is 33.6 Å². The van der Waals surface area contributed by atoms with Gasteiger partial charge in [0.05, 0.1) is 11.1 Å². The molecule has 2 aromatic carbocycles. The number of amides is 1. The third-order valence-electron chi connectivity index (χ3n) is 4.64. The smallest absolute Gasteiger partial charge is 0.256 e. The highest BCUT2D eigenvalue weighted by molar-refractivity contribution is 14.1. The highest BCUT2D eigenvalue weighted by atomic mass is 127. The number of pyridine rings is 1. The molecule has 0 bridgehead atoms. The zero-order chi connectivity index (χ0) is 17.6. The lowest BCUT2D eigenvalue weighted by Gasteiger charge is -2.14. The van der Waals surface area contributed by atoms with Crippen LogP contribution in [-0.2, 0) is 12.8 Å². The normalized spacial score (nSPS) is 13.1. The van der Waals surface area contributed by atoms with E-state index in [1.165, 1.54) is 0 Å². The zero-order valence-electron chi connectivity index (χ0n) is 13.7. The maximum absolute atomic E-state index is 13.2. The second kappa shape index (κ2) is 6.57. The fourth-order valence-electron chi connectivity index (χ4n) is 3.45. The number of halogens is 2. The van der Waals surface area contributed by atoms with Gasteiger partial charge in [-0.2, -0.15) is 0 Å². The van der Waals surface area contributed by atoms with Crippen molar-refractivity contribution in [3.63, 3.8) is 0 Å². The van der Waals surface area contributed by atoms with E-state index in [1.807, 2.05) is 37.3 Å². The minimum atomic E-state index is -0.0860. The van der Waals surface area contributed by atoms with Crippen LogP contribution in [0.2, 0.25) is 5.02 Å². The van der Waals surface area contributed by atoms with Gasteiger partial charge in [-0.15, -0.1) is 0 Å². The number of nitrogens with zero attached hydrogens (tertiary/aromatic N) is 1. The van der Waals surface area contributed by atoms with Crippen LogP contribution in [0.3, 0.4) is 0 Å². The van der Waals surface area contributed by atoms with E-state index < -0.39 is 0 Å². The van der Waals surface area contributed by atoms with Gasteiger partial charge in [-0.05, 0) is 96.3 Å².